The zero-order valence-electron chi connectivity index (χ0n) is 6.57. The number of alkyl halides is 3. The van der Waals surface area contributed by atoms with Crippen LogP contribution in [0.2, 0.25) is 0 Å². The minimum Gasteiger partial charge on any atom is -0.494 e. The van der Waals surface area contributed by atoms with Crippen LogP contribution in [0.5, 0.6) is 5.75 Å². The highest BCUT2D eigenvalue weighted by Crippen LogP contribution is 2.34. The number of H-pyrrole nitrogens is 1. The van der Waals surface area contributed by atoms with E-state index in [0.29, 0.717) is 0 Å². The summed E-state index contributed by atoms with van der Waals surface area (Å²) in [6, 6.07) is 1.43. The van der Waals surface area contributed by atoms with Crippen molar-refractivity contribution in [3.8, 4) is 11.8 Å². The fourth-order valence-electron chi connectivity index (χ4n) is 0.901. The fraction of sp³-hybridized carbons (Fsp3) is 0.286. The van der Waals surface area contributed by atoms with Crippen molar-refractivity contribution in [2.75, 3.05) is 7.11 Å². The molecule has 3 nitrogen and oxygen atoms in total. The van der Waals surface area contributed by atoms with Crippen LogP contribution in [-0.2, 0) is 6.18 Å². The minimum absolute atomic E-state index is 0.102. The molecule has 70 valence electrons. The number of hydrogen-bond acceptors (Lipinski definition) is 2. The van der Waals surface area contributed by atoms with Gasteiger partial charge in [-0.15, -0.1) is 0 Å². The van der Waals surface area contributed by atoms with Crippen LogP contribution < -0.4 is 4.74 Å². The first-order valence-electron chi connectivity index (χ1n) is 3.23. The summed E-state index contributed by atoms with van der Waals surface area (Å²) in [6.45, 7) is 0. The first-order valence-corrected chi connectivity index (χ1v) is 3.23. The maximum absolute atomic E-state index is 12.1. The van der Waals surface area contributed by atoms with Gasteiger partial charge in [-0.1, -0.05) is 0 Å². The zero-order valence-corrected chi connectivity index (χ0v) is 6.57. The lowest BCUT2D eigenvalue weighted by molar-refractivity contribution is -0.141. The molecule has 1 rings (SSSR count). The van der Waals surface area contributed by atoms with Crippen molar-refractivity contribution in [1.82, 2.24) is 4.98 Å². The lowest BCUT2D eigenvalue weighted by atomic mass is 10.2. The van der Waals surface area contributed by atoms with Crippen LogP contribution in [0, 0.1) is 11.3 Å². The first-order chi connectivity index (χ1) is 6.00. The molecule has 0 unspecified atom stereocenters. The van der Waals surface area contributed by atoms with Crippen LogP contribution in [-0.4, -0.2) is 12.1 Å². The molecule has 1 aromatic heterocycles. The molecule has 0 spiro atoms. The molecular formula is C7H5F3N2O. The second-order valence-corrected chi connectivity index (χ2v) is 2.22. The molecular weight excluding hydrogens is 185 g/mol. The number of hydrogen-bond donors (Lipinski definition) is 1. The summed E-state index contributed by atoms with van der Waals surface area (Å²) in [5, 5.41) is 8.43. The van der Waals surface area contributed by atoms with Crippen molar-refractivity contribution in [1.29, 1.82) is 5.26 Å². The van der Waals surface area contributed by atoms with Crippen LogP contribution in [0.25, 0.3) is 0 Å². The summed E-state index contributed by atoms with van der Waals surface area (Å²) in [5.41, 5.74) is -1.60. The van der Waals surface area contributed by atoms with E-state index in [0.717, 1.165) is 6.20 Å². The van der Waals surface area contributed by atoms with E-state index < -0.39 is 17.4 Å². The van der Waals surface area contributed by atoms with Crippen molar-refractivity contribution >= 4 is 0 Å². The Bertz CT molecular complexity index is 348. The molecule has 0 bridgehead atoms. The van der Waals surface area contributed by atoms with Gasteiger partial charge in [0.2, 0.25) is 0 Å². The van der Waals surface area contributed by atoms with Gasteiger partial charge >= 0.3 is 6.18 Å². The second-order valence-electron chi connectivity index (χ2n) is 2.22. The van der Waals surface area contributed by atoms with E-state index in [9.17, 15) is 13.2 Å². The molecule has 1 N–H and O–H groups in total. The standard InChI is InChI=1S/C7H5F3N2O/c1-13-5-3-12-6(4(5)2-11)7(8,9)10/h3,12H,1H3. The third-order valence-electron chi connectivity index (χ3n) is 1.46. The van der Waals surface area contributed by atoms with Gasteiger partial charge in [0.25, 0.3) is 0 Å². The molecule has 1 heterocycles. The summed E-state index contributed by atoms with van der Waals surface area (Å²) in [7, 11) is 1.20. The summed E-state index contributed by atoms with van der Waals surface area (Å²) >= 11 is 0. The highest BCUT2D eigenvalue weighted by atomic mass is 19.4. The van der Waals surface area contributed by atoms with Crippen molar-refractivity contribution in [3.05, 3.63) is 17.5 Å². The Morgan fingerprint density at radius 2 is 2.15 bits per heavy atom. The van der Waals surface area contributed by atoms with Crippen molar-refractivity contribution in [2.45, 2.75) is 6.18 Å². The van der Waals surface area contributed by atoms with Crippen LogP contribution in [0.15, 0.2) is 6.20 Å². The summed E-state index contributed by atoms with van der Waals surface area (Å²) in [6.07, 6.45) is -3.55. The van der Waals surface area contributed by atoms with E-state index in [1.165, 1.54) is 13.2 Å². The maximum Gasteiger partial charge on any atom is 0.432 e. The van der Waals surface area contributed by atoms with Gasteiger partial charge in [0.15, 0.2) is 5.75 Å². The van der Waals surface area contributed by atoms with Crippen molar-refractivity contribution in [3.63, 3.8) is 0 Å². The van der Waals surface area contributed by atoms with E-state index in [-0.39, 0.29) is 5.75 Å². The third-order valence-corrected chi connectivity index (χ3v) is 1.46. The monoisotopic (exact) mass is 190 g/mol. The molecule has 0 radical (unpaired) electrons. The first kappa shape index (κ1) is 9.45. The second kappa shape index (κ2) is 3.01. The predicted octanol–water partition coefficient (Wildman–Crippen LogP) is 1.91. The van der Waals surface area contributed by atoms with Gasteiger partial charge in [-0.2, -0.15) is 18.4 Å². The summed E-state index contributed by atoms with van der Waals surface area (Å²) in [4.78, 5) is 1.94. The van der Waals surface area contributed by atoms with E-state index >= 15 is 0 Å². The average Bonchev–Trinajstić information content (AvgIpc) is 2.45. The number of halogens is 3. The molecule has 13 heavy (non-hydrogen) atoms. The van der Waals surface area contributed by atoms with Crippen LogP contribution >= 0.6 is 0 Å². The predicted molar refractivity (Wildman–Crippen MR) is 37.1 cm³/mol. The molecule has 0 fully saturated rings. The normalized spacial score (nSPS) is 11.0. The van der Waals surface area contributed by atoms with E-state index in [2.05, 4.69) is 4.74 Å². The molecule has 0 aliphatic carbocycles. The molecule has 0 saturated carbocycles. The number of ether oxygens (including phenoxy) is 1. The Labute approximate surface area is 71.7 Å². The number of methoxy groups -OCH3 is 1. The zero-order chi connectivity index (χ0) is 10.1. The Morgan fingerprint density at radius 3 is 2.54 bits per heavy atom. The minimum atomic E-state index is -4.55. The molecule has 0 saturated heterocycles. The molecule has 0 aliphatic rings. The number of nitrogens with one attached hydrogen (secondary N) is 1. The molecule has 0 atom stereocenters. The fourth-order valence-corrected chi connectivity index (χ4v) is 0.901. The van der Waals surface area contributed by atoms with Crippen LogP contribution in [0.3, 0.4) is 0 Å². The van der Waals surface area contributed by atoms with Crippen LogP contribution in [0.4, 0.5) is 13.2 Å². The van der Waals surface area contributed by atoms with Crippen molar-refractivity contribution < 1.29 is 17.9 Å². The number of nitrogens with zero attached hydrogens (tertiary/aromatic N) is 1. The highest BCUT2D eigenvalue weighted by molar-refractivity contribution is 5.47. The summed E-state index contributed by atoms with van der Waals surface area (Å²) in [5.74, 6) is -0.102. The van der Waals surface area contributed by atoms with Crippen molar-refractivity contribution in [2.24, 2.45) is 0 Å². The van der Waals surface area contributed by atoms with Gasteiger partial charge in [-0.05, 0) is 0 Å². The number of aromatic amines is 1. The third kappa shape index (κ3) is 1.59. The smallest absolute Gasteiger partial charge is 0.432 e. The van der Waals surface area contributed by atoms with Gasteiger partial charge in [0.1, 0.15) is 17.3 Å². The molecule has 6 heteroatoms. The topological polar surface area (TPSA) is 48.8 Å². The van der Waals surface area contributed by atoms with Gasteiger partial charge in [0.05, 0.1) is 7.11 Å². The van der Waals surface area contributed by atoms with Gasteiger partial charge < -0.3 is 9.72 Å². The number of rotatable bonds is 1. The quantitative estimate of drug-likeness (QED) is 0.735. The average molecular weight is 190 g/mol. The summed E-state index contributed by atoms with van der Waals surface area (Å²) < 4.78 is 41.0. The Hall–Kier alpha value is -1.64. The van der Waals surface area contributed by atoms with E-state index in [1.54, 1.807) is 0 Å². The lowest BCUT2D eigenvalue weighted by Gasteiger charge is -2.03. The SMILES string of the molecule is COc1c[nH]c(C(F)(F)F)c1C#N. The number of aromatic nitrogens is 1. The highest BCUT2D eigenvalue weighted by Gasteiger charge is 2.36. The molecule has 0 aliphatic heterocycles. The lowest BCUT2D eigenvalue weighted by Crippen LogP contribution is -2.07. The molecule has 0 aromatic carbocycles. The van der Waals surface area contributed by atoms with Crippen LogP contribution in [0.1, 0.15) is 11.3 Å². The molecule has 0 amide bonds. The Balaban J connectivity index is 3.26. The maximum atomic E-state index is 12.1. The van der Waals surface area contributed by atoms with E-state index in [1.807, 2.05) is 4.98 Å². The largest absolute Gasteiger partial charge is 0.494 e. The van der Waals surface area contributed by atoms with E-state index in [4.69, 9.17) is 5.26 Å². The number of nitriles is 1. The van der Waals surface area contributed by atoms with Gasteiger partial charge in [0, 0.05) is 6.20 Å². The Kier molecular flexibility index (Phi) is 2.19. The van der Waals surface area contributed by atoms with Gasteiger partial charge in [-0.25, -0.2) is 0 Å². The molecule has 1 aromatic rings. The van der Waals surface area contributed by atoms with Gasteiger partial charge in [-0.3, -0.25) is 0 Å². The Morgan fingerprint density at radius 1 is 1.54 bits per heavy atom.